The number of nitrogens with zero attached hydrogens (tertiary/aromatic N) is 1. The Kier molecular flexibility index (Phi) is 3.13. The molecule has 0 aliphatic carbocycles. The highest BCUT2D eigenvalue weighted by Gasteiger charge is 2.69. The Labute approximate surface area is 132 Å². The summed E-state index contributed by atoms with van der Waals surface area (Å²) in [6, 6.07) is 10.2. The largest absolute Gasteiger partial charge is 0.354 e. The Bertz CT molecular complexity index is 888. The van der Waals surface area contributed by atoms with Crippen LogP contribution in [0.3, 0.4) is 0 Å². The zero-order valence-corrected chi connectivity index (χ0v) is 12.5. The smallest absolute Gasteiger partial charge is 0.316 e. The van der Waals surface area contributed by atoms with Crippen LogP contribution in [0.25, 0.3) is 22.6 Å². The predicted octanol–water partition coefficient (Wildman–Crippen LogP) is 6.81. The highest BCUT2D eigenvalue weighted by Crippen LogP contribution is 3.03. The summed E-state index contributed by atoms with van der Waals surface area (Å²) in [5, 5.41) is 3.18. The molecule has 9 heteroatoms. The molecule has 3 aromatic rings. The van der Waals surface area contributed by atoms with Gasteiger partial charge in [0.05, 0.1) is 0 Å². The Hall–Kier alpha value is -2.42. The van der Waals surface area contributed by atoms with Gasteiger partial charge < -0.3 is 4.52 Å². The number of hydrogen-bond acceptors (Lipinski definition) is 2. The molecule has 1 aromatic heterocycles. The quantitative estimate of drug-likeness (QED) is 0.477. The van der Waals surface area contributed by atoms with Crippen LogP contribution in [-0.4, -0.2) is 5.16 Å². The monoisotopic (exact) mass is 365 g/mol. The maximum absolute atomic E-state index is 13.6. The molecular formula is C15H9F6NOS. The fourth-order valence-corrected chi connectivity index (χ4v) is 3.23. The van der Waals surface area contributed by atoms with Gasteiger partial charge in [-0.3, -0.25) is 0 Å². The molecule has 0 amide bonds. The standard InChI is InChI=1S/C15H9F6NOS/c16-12-8-6-10(7-9-12)13-15(24(17,18,19,20)21)14(23-22-13)11-4-2-1-3-5-11/h1-9H. The molecule has 1 heterocycles. The molecule has 0 saturated heterocycles. The zero-order valence-electron chi connectivity index (χ0n) is 11.7. The van der Waals surface area contributed by atoms with Gasteiger partial charge in [0, 0.05) is 11.1 Å². The molecule has 2 nitrogen and oxygen atoms in total. The van der Waals surface area contributed by atoms with Gasteiger partial charge in [-0.2, -0.15) is 0 Å². The summed E-state index contributed by atoms with van der Waals surface area (Å²) < 4.78 is 85.5. The fourth-order valence-electron chi connectivity index (χ4n) is 2.20. The van der Waals surface area contributed by atoms with Crippen LogP contribution in [0.2, 0.25) is 0 Å². The first-order chi connectivity index (χ1) is 11.0. The van der Waals surface area contributed by atoms with Crippen molar-refractivity contribution in [3.8, 4) is 22.6 Å². The molecule has 0 unspecified atom stereocenters. The molecule has 24 heavy (non-hydrogen) atoms. The van der Waals surface area contributed by atoms with E-state index in [9.17, 15) is 23.8 Å². The molecular weight excluding hydrogens is 356 g/mol. The van der Waals surface area contributed by atoms with Crippen LogP contribution >= 0.6 is 10.2 Å². The average Bonchev–Trinajstić information content (AvgIpc) is 2.93. The van der Waals surface area contributed by atoms with Crippen LogP contribution < -0.4 is 0 Å². The number of benzene rings is 2. The van der Waals surface area contributed by atoms with Crippen molar-refractivity contribution in [3.05, 3.63) is 60.4 Å². The van der Waals surface area contributed by atoms with E-state index in [0.29, 0.717) is 0 Å². The van der Waals surface area contributed by atoms with Gasteiger partial charge in [-0.1, -0.05) is 54.9 Å². The van der Waals surface area contributed by atoms with E-state index in [2.05, 4.69) is 9.68 Å². The fraction of sp³-hybridized carbons (Fsp3) is 0. The van der Waals surface area contributed by atoms with Crippen molar-refractivity contribution in [2.75, 3.05) is 0 Å². The van der Waals surface area contributed by atoms with Crippen molar-refractivity contribution in [1.29, 1.82) is 0 Å². The van der Waals surface area contributed by atoms with Gasteiger partial charge in [0.15, 0.2) is 10.7 Å². The molecule has 0 N–H and O–H groups in total. The Morgan fingerprint density at radius 2 is 1.33 bits per heavy atom. The van der Waals surface area contributed by atoms with E-state index in [0.717, 1.165) is 24.3 Å². The third kappa shape index (κ3) is 3.12. The van der Waals surface area contributed by atoms with Crippen molar-refractivity contribution in [3.63, 3.8) is 0 Å². The van der Waals surface area contributed by atoms with Crippen LogP contribution in [0, 0.1) is 5.82 Å². The van der Waals surface area contributed by atoms with Gasteiger partial charge in [0.25, 0.3) is 0 Å². The second-order valence-corrected chi connectivity index (χ2v) is 7.38. The van der Waals surface area contributed by atoms with Crippen LogP contribution in [0.1, 0.15) is 0 Å². The van der Waals surface area contributed by atoms with Gasteiger partial charge in [0.1, 0.15) is 11.5 Å². The first-order valence-corrected chi connectivity index (χ1v) is 8.46. The molecule has 2 aromatic carbocycles. The molecule has 0 saturated carbocycles. The Balaban J connectivity index is 2.34. The molecule has 3 rings (SSSR count). The summed E-state index contributed by atoms with van der Waals surface area (Å²) in [5.41, 5.74) is -1.60. The van der Waals surface area contributed by atoms with E-state index in [-0.39, 0.29) is 11.1 Å². The summed E-state index contributed by atoms with van der Waals surface area (Å²) in [6.45, 7) is 0. The predicted molar refractivity (Wildman–Crippen MR) is 78.7 cm³/mol. The third-order valence-electron chi connectivity index (χ3n) is 3.19. The maximum atomic E-state index is 13.6. The summed E-state index contributed by atoms with van der Waals surface area (Å²) >= 11 is 0. The van der Waals surface area contributed by atoms with Gasteiger partial charge >= 0.3 is 10.2 Å². The molecule has 128 valence electrons. The summed E-state index contributed by atoms with van der Waals surface area (Å²) in [4.78, 5) is -2.21. The minimum Gasteiger partial charge on any atom is -0.354 e. The Morgan fingerprint density at radius 3 is 1.88 bits per heavy atom. The summed E-state index contributed by atoms with van der Waals surface area (Å²) in [6.07, 6.45) is 0. The van der Waals surface area contributed by atoms with Gasteiger partial charge in [-0.25, -0.2) is 4.39 Å². The lowest BCUT2D eigenvalue weighted by Crippen LogP contribution is -2.08. The minimum atomic E-state index is -10.1. The third-order valence-corrected chi connectivity index (χ3v) is 4.34. The maximum Gasteiger partial charge on any atom is 0.316 e. The Morgan fingerprint density at radius 1 is 0.750 bits per heavy atom. The summed E-state index contributed by atoms with van der Waals surface area (Å²) in [5.74, 6) is -1.80. The lowest BCUT2D eigenvalue weighted by molar-refractivity contribution is 0.362. The highest BCUT2D eigenvalue weighted by molar-refractivity contribution is 8.46. The second-order valence-electron chi connectivity index (χ2n) is 5.03. The molecule has 0 spiro atoms. The van der Waals surface area contributed by atoms with Crippen LogP contribution in [-0.2, 0) is 0 Å². The average molecular weight is 365 g/mol. The van der Waals surface area contributed by atoms with Crippen LogP contribution in [0.4, 0.5) is 23.8 Å². The normalized spacial score (nSPS) is 14.9. The zero-order chi connectivity index (χ0) is 17.7. The molecule has 0 atom stereocenters. The lowest BCUT2D eigenvalue weighted by Gasteiger charge is -2.40. The van der Waals surface area contributed by atoms with Crippen molar-refractivity contribution in [1.82, 2.24) is 5.16 Å². The number of hydrogen-bond donors (Lipinski definition) is 0. The first kappa shape index (κ1) is 16.4. The number of halogens is 6. The van der Waals surface area contributed by atoms with Crippen LogP contribution in [0.15, 0.2) is 64.0 Å². The molecule has 0 bridgehead atoms. The second kappa shape index (κ2) is 4.56. The SMILES string of the molecule is Fc1ccc(-c2noc(-c3ccccc3)c2S(F)(F)(F)(F)F)cc1. The molecule has 0 fully saturated rings. The topological polar surface area (TPSA) is 26.0 Å². The minimum absolute atomic E-state index is 0.193. The highest BCUT2D eigenvalue weighted by atomic mass is 32.5. The van der Waals surface area contributed by atoms with Gasteiger partial charge in [-0.05, 0) is 24.3 Å². The lowest BCUT2D eigenvalue weighted by atomic mass is 10.1. The van der Waals surface area contributed by atoms with Crippen LogP contribution in [0.5, 0.6) is 0 Å². The van der Waals surface area contributed by atoms with Crippen molar-refractivity contribution >= 4 is 10.2 Å². The van der Waals surface area contributed by atoms with Crippen molar-refractivity contribution in [2.24, 2.45) is 0 Å². The first-order valence-electron chi connectivity index (χ1n) is 6.51. The van der Waals surface area contributed by atoms with E-state index in [4.69, 9.17) is 0 Å². The molecule has 0 aliphatic rings. The van der Waals surface area contributed by atoms with E-state index in [1.165, 1.54) is 30.3 Å². The van der Waals surface area contributed by atoms with E-state index in [1.807, 2.05) is 0 Å². The molecule has 0 aliphatic heterocycles. The number of rotatable bonds is 3. The van der Waals surface area contributed by atoms with Crippen molar-refractivity contribution < 1.29 is 28.3 Å². The summed E-state index contributed by atoms with van der Waals surface area (Å²) in [7, 11) is -10.1. The van der Waals surface area contributed by atoms with Gasteiger partial charge in [-0.15, -0.1) is 0 Å². The van der Waals surface area contributed by atoms with Gasteiger partial charge in [0.2, 0.25) is 0 Å². The van der Waals surface area contributed by atoms with Crippen molar-refractivity contribution in [2.45, 2.75) is 4.90 Å². The van der Waals surface area contributed by atoms with E-state index < -0.39 is 32.4 Å². The van der Waals surface area contributed by atoms with E-state index in [1.54, 1.807) is 0 Å². The van der Waals surface area contributed by atoms with E-state index >= 15 is 0 Å². The number of aromatic nitrogens is 1. The molecule has 0 radical (unpaired) electrons.